The summed E-state index contributed by atoms with van der Waals surface area (Å²) >= 11 is 0. The summed E-state index contributed by atoms with van der Waals surface area (Å²) in [5, 5.41) is 9.98. The average molecular weight is 204 g/mol. The number of hydrogen-bond acceptors (Lipinski definition) is 2. The molecule has 0 aliphatic heterocycles. The third kappa shape index (κ3) is 2.15. The van der Waals surface area contributed by atoms with Crippen LogP contribution in [0.3, 0.4) is 0 Å². The molecule has 0 radical (unpaired) electrons. The van der Waals surface area contributed by atoms with Gasteiger partial charge in [0.05, 0.1) is 12.2 Å². The summed E-state index contributed by atoms with van der Waals surface area (Å²) in [5.74, 6) is 1.40. The molecule has 2 heteroatoms. The molecule has 1 N–H and O–H groups in total. The van der Waals surface area contributed by atoms with Crippen LogP contribution in [0.15, 0.2) is 24.3 Å². The molecular formula is C13H16O2. The van der Waals surface area contributed by atoms with Gasteiger partial charge in [-0.3, -0.25) is 0 Å². The van der Waals surface area contributed by atoms with Crippen molar-refractivity contribution in [2.75, 3.05) is 0 Å². The Morgan fingerprint density at radius 2 is 2.00 bits per heavy atom. The molecule has 80 valence electrons. The first-order valence-electron chi connectivity index (χ1n) is 5.77. The third-order valence-corrected chi connectivity index (χ3v) is 3.10. The highest BCUT2D eigenvalue weighted by molar-refractivity contribution is 5.31. The first-order valence-corrected chi connectivity index (χ1v) is 5.77. The van der Waals surface area contributed by atoms with Gasteiger partial charge in [0.1, 0.15) is 5.75 Å². The molecule has 2 aliphatic rings. The zero-order valence-electron chi connectivity index (χ0n) is 8.73. The minimum absolute atomic E-state index is 0.284. The van der Waals surface area contributed by atoms with Gasteiger partial charge in [0.25, 0.3) is 0 Å². The zero-order chi connectivity index (χ0) is 10.3. The summed E-state index contributed by atoms with van der Waals surface area (Å²) in [6.45, 7) is 0. The van der Waals surface area contributed by atoms with E-state index in [1.807, 2.05) is 24.3 Å². The average Bonchev–Trinajstić information content (AvgIpc) is 3.10. The number of aliphatic hydroxyl groups excluding tert-OH is 1. The molecule has 1 aromatic carbocycles. The van der Waals surface area contributed by atoms with Crippen LogP contribution in [0.5, 0.6) is 5.75 Å². The lowest BCUT2D eigenvalue weighted by Crippen LogP contribution is -2.01. The van der Waals surface area contributed by atoms with Crippen LogP contribution in [0.1, 0.15) is 37.4 Å². The number of rotatable bonds is 4. The van der Waals surface area contributed by atoms with Crippen LogP contribution < -0.4 is 4.74 Å². The number of ether oxygens (including phenoxy) is 1. The smallest absolute Gasteiger partial charge is 0.120 e. The van der Waals surface area contributed by atoms with E-state index in [4.69, 9.17) is 4.74 Å². The highest BCUT2D eigenvalue weighted by Gasteiger charge is 2.31. The Balaban J connectivity index is 1.75. The van der Waals surface area contributed by atoms with Gasteiger partial charge >= 0.3 is 0 Å². The largest absolute Gasteiger partial charge is 0.490 e. The molecule has 0 spiro atoms. The Labute approximate surface area is 89.9 Å². The van der Waals surface area contributed by atoms with Gasteiger partial charge in [-0.05, 0) is 49.3 Å². The monoisotopic (exact) mass is 204 g/mol. The molecule has 2 aliphatic carbocycles. The summed E-state index contributed by atoms with van der Waals surface area (Å²) in [6, 6.07) is 7.92. The number of hydrogen-bond donors (Lipinski definition) is 1. The molecule has 1 aromatic rings. The Bertz CT molecular complexity index is 353. The first kappa shape index (κ1) is 9.22. The van der Waals surface area contributed by atoms with Crippen molar-refractivity contribution in [2.45, 2.75) is 37.9 Å². The summed E-state index contributed by atoms with van der Waals surface area (Å²) < 4.78 is 5.71. The van der Waals surface area contributed by atoms with Gasteiger partial charge in [0.2, 0.25) is 0 Å². The van der Waals surface area contributed by atoms with Crippen LogP contribution in [-0.2, 0) is 0 Å². The fourth-order valence-electron chi connectivity index (χ4n) is 1.83. The van der Waals surface area contributed by atoms with Crippen molar-refractivity contribution in [1.82, 2.24) is 0 Å². The second-order valence-electron chi connectivity index (χ2n) is 4.67. The van der Waals surface area contributed by atoms with E-state index in [0.29, 0.717) is 12.0 Å². The molecule has 0 amide bonds. The van der Waals surface area contributed by atoms with E-state index in [0.717, 1.165) is 24.2 Å². The Morgan fingerprint density at radius 3 is 2.67 bits per heavy atom. The van der Waals surface area contributed by atoms with Crippen LogP contribution in [0.4, 0.5) is 0 Å². The summed E-state index contributed by atoms with van der Waals surface area (Å²) in [4.78, 5) is 0. The molecule has 0 heterocycles. The molecule has 1 unspecified atom stereocenters. The lowest BCUT2D eigenvalue weighted by atomic mass is 10.1. The predicted octanol–water partition coefficient (Wildman–Crippen LogP) is 2.67. The first-order chi connectivity index (χ1) is 7.33. The quantitative estimate of drug-likeness (QED) is 0.817. The van der Waals surface area contributed by atoms with E-state index in [1.54, 1.807) is 0 Å². The normalized spacial score (nSPS) is 22.5. The van der Waals surface area contributed by atoms with Crippen LogP contribution in [0.2, 0.25) is 0 Å². The van der Waals surface area contributed by atoms with Crippen molar-refractivity contribution in [2.24, 2.45) is 5.92 Å². The van der Waals surface area contributed by atoms with E-state index in [1.165, 1.54) is 12.8 Å². The van der Waals surface area contributed by atoms with Crippen LogP contribution in [-0.4, -0.2) is 11.2 Å². The lowest BCUT2D eigenvalue weighted by molar-refractivity contribution is 0.153. The van der Waals surface area contributed by atoms with Gasteiger partial charge in [-0.15, -0.1) is 0 Å². The summed E-state index contributed by atoms with van der Waals surface area (Å²) in [5.41, 5.74) is 1.01. The third-order valence-electron chi connectivity index (χ3n) is 3.10. The van der Waals surface area contributed by atoms with Crippen LogP contribution in [0.25, 0.3) is 0 Å². The second-order valence-corrected chi connectivity index (χ2v) is 4.67. The van der Waals surface area contributed by atoms with Gasteiger partial charge in [-0.25, -0.2) is 0 Å². The van der Waals surface area contributed by atoms with E-state index < -0.39 is 0 Å². The predicted molar refractivity (Wildman–Crippen MR) is 57.8 cm³/mol. The van der Waals surface area contributed by atoms with Gasteiger partial charge in [-0.2, -0.15) is 0 Å². The number of aliphatic hydroxyl groups is 1. The Hall–Kier alpha value is -1.02. The highest BCUT2D eigenvalue weighted by atomic mass is 16.5. The topological polar surface area (TPSA) is 29.5 Å². The molecule has 15 heavy (non-hydrogen) atoms. The van der Waals surface area contributed by atoms with E-state index in [2.05, 4.69) is 0 Å². The van der Waals surface area contributed by atoms with Crippen molar-refractivity contribution in [1.29, 1.82) is 0 Å². The second kappa shape index (κ2) is 3.53. The summed E-state index contributed by atoms with van der Waals surface area (Å²) in [7, 11) is 0. The lowest BCUT2D eigenvalue weighted by Gasteiger charge is -2.11. The molecule has 3 rings (SSSR count). The SMILES string of the molecule is OC(c1cccc(OC2CC2)c1)C1CC1. The fourth-order valence-corrected chi connectivity index (χ4v) is 1.83. The van der Waals surface area contributed by atoms with Gasteiger partial charge < -0.3 is 9.84 Å². The van der Waals surface area contributed by atoms with E-state index in [9.17, 15) is 5.11 Å². The fraction of sp³-hybridized carbons (Fsp3) is 0.538. The Kier molecular flexibility index (Phi) is 2.17. The molecule has 0 saturated heterocycles. The van der Waals surface area contributed by atoms with Crippen LogP contribution >= 0.6 is 0 Å². The van der Waals surface area contributed by atoms with Crippen molar-refractivity contribution < 1.29 is 9.84 Å². The number of benzene rings is 1. The minimum Gasteiger partial charge on any atom is -0.490 e. The molecular weight excluding hydrogens is 188 g/mol. The van der Waals surface area contributed by atoms with E-state index in [-0.39, 0.29) is 6.10 Å². The molecule has 0 aromatic heterocycles. The maximum atomic E-state index is 9.98. The molecule has 1 atom stereocenters. The molecule has 2 saturated carbocycles. The van der Waals surface area contributed by atoms with Gasteiger partial charge in [0.15, 0.2) is 0 Å². The van der Waals surface area contributed by atoms with Gasteiger partial charge in [0, 0.05) is 0 Å². The zero-order valence-corrected chi connectivity index (χ0v) is 8.73. The van der Waals surface area contributed by atoms with Crippen molar-refractivity contribution in [3.05, 3.63) is 29.8 Å². The van der Waals surface area contributed by atoms with Crippen molar-refractivity contribution >= 4 is 0 Å². The highest BCUT2D eigenvalue weighted by Crippen LogP contribution is 2.41. The molecule has 0 bridgehead atoms. The summed E-state index contributed by atoms with van der Waals surface area (Å²) in [6.07, 6.45) is 4.82. The van der Waals surface area contributed by atoms with Crippen molar-refractivity contribution in [3.8, 4) is 5.75 Å². The minimum atomic E-state index is -0.284. The maximum absolute atomic E-state index is 9.98. The van der Waals surface area contributed by atoms with Crippen LogP contribution in [0, 0.1) is 5.92 Å². The van der Waals surface area contributed by atoms with Crippen molar-refractivity contribution in [3.63, 3.8) is 0 Å². The van der Waals surface area contributed by atoms with Gasteiger partial charge in [-0.1, -0.05) is 12.1 Å². The molecule has 2 fully saturated rings. The Morgan fingerprint density at radius 1 is 1.20 bits per heavy atom. The van der Waals surface area contributed by atoms with E-state index >= 15 is 0 Å². The maximum Gasteiger partial charge on any atom is 0.120 e. The molecule has 2 nitrogen and oxygen atoms in total. The standard InChI is InChI=1S/C13H16O2/c14-13(9-4-5-9)10-2-1-3-12(8-10)15-11-6-7-11/h1-3,8-9,11,13-14H,4-7H2.